The number of carbonyl (C=O) groups excluding carboxylic acids is 1. The molecule has 0 heterocycles. The lowest BCUT2D eigenvalue weighted by Crippen LogP contribution is -2.12. The van der Waals surface area contributed by atoms with Crippen molar-refractivity contribution in [2.45, 2.75) is 0 Å². The zero-order valence-electron chi connectivity index (χ0n) is 11.5. The number of hydrogen-bond donors (Lipinski definition) is 2. The molecule has 1 amide bonds. The molecule has 0 spiro atoms. The van der Waals surface area contributed by atoms with E-state index in [9.17, 15) is 14.3 Å². The van der Waals surface area contributed by atoms with Crippen LogP contribution < -0.4 is 14.8 Å². The number of rotatable bonds is 4. The zero-order valence-corrected chi connectivity index (χ0v) is 11.5. The molecule has 0 radical (unpaired) electrons. The van der Waals surface area contributed by atoms with Crippen molar-refractivity contribution in [1.29, 1.82) is 0 Å². The molecule has 2 aromatic carbocycles. The Bertz CT molecular complexity index is 673. The van der Waals surface area contributed by atoms with Gasteiger partial charge in [0.2, 0.25) is 0 Å². The van der Waals surface area contributed by atoms with E-state index in [-0.39, 0.29) is 22.7 Å². The van der Waals surface area contributed by atoms with Crippen LogP contribution in [-0.2, 0) is 0 Å². The van der Waals surface area contributed by atoms with Gasteiger partial charge < -0.3 is 19.9 Å². The number of anilines is 1. The second kappa shape index (κ2) is 6.13. The number of benzene rings is 2. The van der Waals surface area contributed by atoms with Crippen molar-refractivity contribution in [2.24, 2.45) is 0 Å². The molecule has 0 aliphatic rings. The van der Waals surface area contributed by atoms with E-state index < -0.39 is 11.7 Å². The first kappa shape index (κ1) is 14.6. The molecule has 21 heavy (non-hydrogen) atoms. The normalized spacial score (nSPS) is 10.0. The van der Waals surface area contributed by atoms with Gasteiger partial charge in [-0.2, -0.15) is 0 Å². The predicted molar refractivity (Wildman–Crippen MR) is 75.6 cm³/mol. The molecule has 0 saturated carbocycles. The highest BCUT2D eigenvalue weighted by molar-refractivity contribution is 6.06. The number of nitrogens with one attached hydrogen (secondary N) is 1. The third-order valence-electron chi connectivity index (χ3n) is 2.86. The molecule has 0 aromatic heterocycles. The highest BCUT2D eigenvalue weighted by atomic mass is 19.1. The second-order valence-corrected chi connectivity index (χ2v) is 4.19. The van der Waals surface area contributed by atoms with Crippen LogP contribution in [0.25, 0.3) is 0 Å². The predicted octanol–water partition coefficient (Wildman–Crippen LogP) is 2.80. The zero-order chi connectivity index (χ0) is 15.4. The second-order valence-electron chi connectivity index (χ2n) is 4.19. The number of carbonyl (C=O) groups is 1. The van der Waals surface area contributed by atoms with Crippen LogP contribution in [0.4, 0.5) is 10.1 Å². The number of hydrogen-bond acceptors (Lipinski definition) is 4. The van der Waals surface area contributed by atoms with Crippen molar-refractivity contribution in [1.82, 2.24) is 0 Å². The summed E-state index contributed by atoms with van der Waals surface area (Å²) in [6.07, 6.45) is 0. The third kappa shape index (κ3) is 3.22. The molecule has 0 bridgehead atoms. The smallest absolute Gasteiger partial charge is 0.259 e. The Morgan fingerprint density at radius 2 is 1.90 bits per heavy atom. The van der Waals surface area contributed by atoms with Crippen molar-refractivity contribution >= 4 is 11.6 Å². The summed E-state index contributed by atoms with van der Waals surface area (Å²) in [7, 11) is 2.80. The van der Waals surface area contributed by atoms with E-state index >= 15 is 0 Å². The highest BCUT2D eigenvalue weighted by Crippen LogP contribution is 2.25. The Kier molecular flexibility index (Phi) is 4.27. The number of amides is 1. The summed E-state index contributed by atoms with van der Waals surface area (Å²) >= 11 is 0. The maximum atomic E-state index is 13.6. The van der Waals surface area contributed by atoms with Gasteiger partial charge in [0.15, 0.2) is 11.6 Å². The van der Waals surface area contributed by atoms with E-state index in [1.54, 1.807) is 0 Å². The van der Waals surface area contributed by atoms with E-state index in [4.69, 9.17) is 9.47 Å². The summed E-state index contributed by atoms with van der Waals surface area (Å²) in [5, 5.41) is 12.2. The van der Waals surface area contributed by atoms with Crippen LogP contribution >= 0.6 is 0 Å². The van der Waals surface area contributed by atoms with Crippen LogP contribution in [0.1, 0.15) is 10.4 Å². The van der Waals surface area contributed by atoms with Crippen LogP contribution in [0.3, 0.4) is 0 Å². The minimum Gasteiger partial charge on any atom is -0.507 e. The van der Waals surface area contributed by atoms with Crippen LogP contribution in [0.2, 0.25) is 0 Å². The molecular weight excluding hydrogens is 277 g/mol. The SMILES string of the molecule is COc1ccc(O)c(C(=O)Nc2ccc(OC)c(F)c2)c1. The Morgan fingerprint density at radius 3 is 2.52 bits per heavy atom. The Balaban J connectivity index is 2.23. The molecule has 0 fully saturated rings. The van der Waals surface area contributed by atoms with Gasteiger partial charge in [0.1, 0.15) is 11.5 Å². The van der Waals surface area contributed by atoms with E-state index in [0.29, 0.717) is 5.75 Å². The first-order valence-electron chi connectivity index (χ1n) is 6.07. The Labute approximate surface area is 120 Å². The van der Waals surface area contributed by atoms with Gasteiger partial charge in [-0.15, -0.1) is 0 Å². The minimum absolute atomic E-state index is 0.0329. The van der Waals surface area contributed by atoms with E-state index in [0.717, 1.165) is 6.07 Å². The van der Waals surface area contributed by atoms with Gasteiger partial charge in [-0.1, -0.05) is 0 Å². The molecule has 5 nitrogen and oxygen atoms in total. The van der Waals surface area contributed by atoms with Gasteiger partial charge >= 0.3 is 0 Å². The molecule has 0 unspecified atom stereocenters. The Morgan fingerprint density at radius 1 is 1.14 bits per heavy atom. The van der Waals surface area contributed by atoms with Crippen molar-refractivity contribution in [3.8, 4) is 17.2 Å². The summed E-state index contributed by atoms with van der Waals surface area (Å²) in [6.45, 7) is 0. The first-order valence-corrected chi connectivity index (χ1v) is 6.07. The maximum Gasteiger partial charge on any atom is 0.259 e. The summed E-state index contributed by atoms with van der Waals surface area (Å²) in [5.41, 5.74) is 0.283. The summed E-state index contributed by atoms with van der Waals surface area (Å²) in [5.74, 6) is -0.848. The van der Waals surface area contributed by atoms with Gasteiger partial charge in [-0.3, -0.25) is 4.79 Å². The van der Waals surface area contributed by atoms with Crippen LogP contribution in [0.5, 0.6) is 17.2 Å². The molecule has 110 valence electrons. The summed E-state index contributed by atoms with van der Waals surface area (Å²) < 4.78 is 23.3. The number of phenolic OH excluding ortho intramolecular Hbond substituents is 1. The molecular formula is C15H14FNO4. The van der Waals surface area contributed by atoms with Gasteiger partial charge in [-0.05, 0) is 30.3 Å². The van der Waals surface area contributed by atoms with Crippen LogP contribution in [-0.4, -0.2) is 25.2 Å². The molecule has 0 atom stereocenters. The van der Waals surface area contributed by atoms with Crippen molar-refractivity contribution in [3.05, 3.63) is 47.8 Å². The van der Waals surface area contributed by atoms with Gasteiger partial charge in [0.05, 0.1) is 19.8 Å². The highest BCUT2D eigenvalue weighted by Gasteiger charge is 2.13. The lowest BCUT2D eigenvalue weighted by molar-refractivity contribution is 0.102. The fourth-order valence-electron chi connectivity index (χ4n) is 1.77. The molecule has 2 N–H and O–H groups in total. The van der Waals surface area contributed by atoms with Crippen molar-refractivity contribution in [3.63, 3.8) is 0 Å². The van der Waals surface area contributed by atoms with Crippen LogP contribution in [0, 0.1) is 5.82 Å². The monoisotopic (exact) mass is 291 g/mol. The summed E-state index contributed by atoms with van der Waals surface area (Å²) in [4.78, 5) is 12.1. The summed E-state index contributed by atoms with van der Waals surface area (Å²) in [6, 6.07) is 8.30. The molecule has 6 heteroatoms. The largest absolute Gasteiger partial charge is 0.507 e. The van der Waals surface area contributed by atoms with Gasteiger partial charge in [0.25, 0.3) is 5.91 Å². The van der Waals surface area contributed by atoms with E-state index in [1.165, 1.54) is 44.6 Å². The standard InChI is InChI=1S/C15H14FNO4/c1-20-10-4-5-13(18)11(8-10)15(19)17-9-3-6-14(21-2)12(16)7-9/h3-8,18H,1-2H3,(H,17,19). The molecule has 2 rings (SSSR count). The van der Waals surface area contributed by atoms with Crippen molar-refractivity contribution in [2.75, 3.05) is 19.5 Å². The quantitative estimate of drug-likeness (QED) is 0.909. The number of methoxy groups -OCH3 is 2. The molecule has 0 aliphatic heterocycles. The van der Waals surface area contributed by atoms with Crippen LogP contribution in [0.15, 0.2) is 36.4 Å². The number of ether oxygens (including phenoxy) is 2. The molecule has 2 aromatic rings. The van der Waals surface area contributed by atoms with Crippen molar-refractivity contribution < 1.29 is 23.8 Å². The molecule has 0 aliphatic carbocycles. The fourth-order valence-corrected chi connectivity index (χ4v) is 1.77. The number of halogens is 1. The minimum atomic E-state index is -0.592. The first-order chi connectivity index (χ1) is 10.0. The van der Waals surface area contributed by atoms with Gasteiger partial charge in [0, 0.05) is 11.8 Å². The number of phenols is 1. The number of aromatic hydroxyl groups is 1. The van der Waals surface area contributed by atoms with Gasteiger partial charge in [-0.25, -0.2) is 4.39 Å². The maximum absolute atomic E-state index is 13.6. The van der Waals surface area contributed by atoms with E-state index in [1.807, 2.05) is 0 Å². The van der Waals surface area contributed by atoms with E-state index in [2.05, 4.69) is 5.32 Å². The average Bonchev–Trinajstić information content (AvgIpc) is 2.48. The topological polar surface area (TPSA) is 67.8 Å². The fraction of sp³-hybridized carbons (Fsp3) is 0.133. The lowest BCUT2D eigenvalue weighted by Gasteiger charge is -2.09. The average molecular weight is 291 g/mol. The molecule has 0 saturated heterocycles. The lowest BCUT2D eigenvalue weighted by atomic mass is 10.1. The third-order valence-corrected chi connectivity index (χ3v) is 2.86. The Hall–Kier alpha value is -2.76.